The Kier molecular flexibility index (Phi) is 8.96. The van der Waals surface area contributed by atoms with Gasteiger partial charge >= 0.3 is 5.97 Å². The highest BCUT2D eigenvalue weighted by molar-refractivity contribution is 6.74. The number of ether oxygens (including phenoxy) is 1. The number of anilines is 2. The van der Waals surface area contributed by atoms with E-state index in [1.54, 1.807) is 6.92 Å². The van der Waals surface area contributed by atoms with Gasteiger partial charge in [0.05, 0.1) is 18.7 Å². The Bertz CT molecular complexity index is 745. The van der Waals surface area contributed by atoms with Crippen molar-refractivity contribution in [2.45, 2.75) is 65.1 Å². The Morgan fingerprint density at radius 2 is 1.84 bits per heavy atom. The van der Waals surface area contributed by atoms with Crippen molar-refractivity contribution in [2.75, 3.05) is 42.6 Å². The third-order valence-corrected chi connectivity index (χ3v) is 11.1. The van der Waals surface area contributed by atoms with Crippen LogP contribution in [0.3, 0.4) is 0 Å². The lowest BCUT2D eigenvalue weighted by Crippen LogP contribution is -2.43. The number of esters is 1. The van der Waals surface area contributed by atoms with Gasteiger partial charge in [-0.1, -0.05) is 20.8 Å². The first kappa shape index (κ1) is 25.2. The molecule has 0 radical (unpaired) electrons. The molecule has 1 aliphatic rings. The van der Waals surface area contributed by atoms with Crippen molar-refractivity contribution in [3.05, 3.63) is 24.3 Å². The first-order chi connectivity index (χ1) is 14.6. The molecule has 0 bridgehead atoms. The molecule has 0 N–H and O–H groups in total. The summed E-state index contributed by atoms with van der Waals surface area (Å²) in [5.41, 5.74) is 1.98. The smallest absolute Gasteiger partial charge is 0.307 e. The van der Waals surface area contributed by atoms with Gasteiger partial charge in [0, 0.05) is 31.9 Å². The van der Waals surface area contributed by atoms with Crippen LogP contribution in [0, 0.1) is 17.4 Å². The second-order valence-corrected chi connectivity index (χ2v) is 14.6. The van der Waals surface area contributed by atoms with Crippen LogP contribution in [0.4, 0.5) is 11.4 Å². The monoisotopic (exact) mass is 445 g/mol. The van der Waals surface area contributed by atoms with Gasteiger partial charge in [-0.25, -0.2) is 0 Å². The van der Waals surface area contributed by atoms with E-state index in [-0.39, 0.29) is 17.4 Å². The lowest BCUT2D eigenvalue weighted by atomic mass is 9.97. The SMILES string of the molecule is CCOC(=O)CCN(C#N)c1ccc(N2CCC(CO[Si](C)(C)C(C)(C)C)CC2)cc1. The highest BCUT2D eigenvalue weighted by Crippen LogP contribution is 2.37. The molecule has 0 spiro atoms. The fraction of sp³-hybridized carbons (Fsp3) is 0.667. The van der Waals surface area contributed by atoms with Crippen LogP contribution in [0.5, 0.6) is 0 Å². The number of carbonyl (C=O) groups is 1. The van der Waals surface area contributed by atoms with Gasteiger partial charge in [0.15, 0.2) is 14.5 Å². The predicted molar refractivity (Wildman–Crippen MR) is 129 cm³/mol. The van der Waals surface area contributed by atoms with Gasteiger partial charge in [0.25, 0.3) is 0 Å². The number of carbonyl (C=O) groups excluding carboxylic acids is 1. The highest BCUT2D eigenvalue weighted by atomic mass is 28.4. The standard InChI is InChI=1S/C24H39N3O3Si/c1-7-29-23(28)14-17-27(19-25)22-10-8-21(9-11-22)26-15-12-20(13-16-26)18-30-31(5,6)24(2,3)4/h8-11,20H,7,12-18H2,1-6H3. The molecule has 1 fully saturated rings. The number of benzene rings is 1. The van der Waals surface area contributed by atoms with Gasteiger partial charge in [-0.3, -0.25) is 9.69 Å². The van der Waals surface area contributed by atoms with Crippen molar-refractivity contribution < 1.29 is 14.0 Å². The van der Waals surface area contributed by atoms with E-state index in [1.807, 2.05) is 12.1 Å². The zero-order valence-corrected chi connectivity index (χ0v) is 21.1. The van der Waals surface area contributed by atoms with E-state index in [1.165, 1.54) is 10.6 Å². The van der Waals surface area contributed by atoms with Gasteiger partial charge in [0.1, 0.15) is 0 Å². The van der Waals surface area contributed by atoms with E-state index in [9.17, 15) is 10.1 Å². The van der Waals surface area contributed by atoms with E-state index < -0.39 is 8.32 Å². The highest BCUT2D eigenvalue weighted by Gasteiger charge is 2.37. The molecule has 1 aromatic rings. The number of hydrogen-bond acceptors (Lipinski definition) is 6. The molecule has 172 valence electrons. The summed E-state index contributed by atoms with van der Waals surface area (Å²) in [4.78, 5) is 15.5. The largest absolute Gasteiger partial charge is 0.466 e. The van der Waals surface area contributed by atoms with E-state index in [0.29, 0.717) is 19.1 Å². The average molecular weight is 446 g/mol. The molecule has 1 aliphatic heterocycles. The summed E-state index contributed by atoms with van der Waals surface area (Å²) in [5, 5.41) is 9.68. The summed E-state index contributed by atoms with van der Waals surface area (Å²) >= 11 is 0. The van der Waals surface area contributed by atoms with Crippen LogP contribution in [0.2, 0.25) is 18.1 Å². The summed E-state index contributed by atoms with van der Waals surface area (Å²) in [6, 6.07) is 8.04. The number of piperidine rings is 1. The molecule has 0 amide bonds. The molecule has 2 rings (SSSR count). The zero-order chi connectivity index (χ0) is 23.1. The lowest BCUT2D eigenvalue weighted by Gasteiger charge is -2.39. The molecule has 0 saturated carbocycles. The normalized spacial score (nSPS) is 15.5. The first-order valence-corrected chi connectivity index (χ1v) is 14.3. The molecular weight excluding hydrogens is 406 g/mol. The van der Waals surface area contributed by atoms with Crippen molar-refractivity contribution in [3.63, 3.8) is 0 Å². The minimum Gasteiger partial charge on any atom is -0.466 e. The number of nitrogens with zero attached hydrogens (tertiary/aromatic N) is 3. The fourth-order valence-electron chi connectivity index (χ4n) is 3.42. The minimum absolute atomic E-state index is 0.202. The van der Waals surface area contributed by atoms with Crippen LogP contribution in [-0.2, 0) is 14.0 Å². The zero-order valence-electron chi connectivity index (χ0n) is 20.1. The summed E-state index contributed by atoms with van der Waals surface area (Å²) in [5.74, 6) is 0.349. The second kappa shape index (κ2) is 11.0. The maximum Gasteiger partial charge on any atom is 0.307 e. The van der Waals surface area contributed by atoms with E-state index in [4.69, 9.17) is 9.16 Å². The second-order valence-electron chi connectivity index (χ2n) is 9.82. The van der Waals surface area contributed by atoms with E-state index in [2.05, 4.69) is 57.1 Å². The van der Waals surface area contributed by atoms with Gasteiger partial charge in [-0.15, -0.1) is 0 Å². The molecule has 0 aromatic heterocycles. The van der Waals surface area contributed by atoms with Crippen molar-refractivity contribution in [1.29, 1.82) is 5.26 Å². The predicted octanol–water partition coefficient (Wildman–Crippen LogP) is 5.17. The molecule has 1 heterocycles. The lowest BCUT2D eigenvalue weighted by molar-refractivity contribution is -0.142. The quantitative estimate of drug-likeness (QED) is 0.226. The Morgan fingerprint density at radius 3 is 2.35 bits per heavy atom. The van der Waals surface area contributed by atoms with Crippen molar-refractivity contribution >= 4 is 25.7 Å². The fourth-order valence-corrected chi connectivity index (χ4v) is 4.50. The summed E-state index contributed by atoms with van der Waals surface area (Å²) < 4.78 is 11.4. The maximum atomic E-state index is 11.6. The molecule has 0 unspecified atom stereocenters. The summed E-state index contributed by atoms with van der Waals surface area (Å²) in [7, 11) is -1.68. The van der Waals surface area contributed by atoms with Crippen molar-refractivity contribution in [3.8, 4) is 6.19 Å². The van der Waals surface area contributed by atoms with E-state index in [0.717, 1.165) is 38.2 Å². The van der Waals surface area contributed by atoms with Crippen LogP contribution in [-0.4, -0.2) is 47.1 Å². The Hall–Kier alpha value is -2.04. The third kappa shape index (κ3) is 7.25. The molecule has 0 atom stereocenters. The number of nitriles is 1. The van der Waals surface area contributed by atoms with Gasteiger partial charge in [-0.05, 0) is 68.1 Å². The van der Waals surface area contributed by atoms with Gasteiger partial charge in [0.2, 0.25) is 0 Å². The molecule has 1 aromatic carbocycles. The Morgan fingerprint density at radius 1 is 1.23 bits per heavy atom. The third-order valence-electron chi connectivity index (χ3n) is 6.59. The topological polar surface area (TPSA) is 65.8 Å². The Labute approximate surface area is 189 Å². The van der Waals surface area contributed by atoms with Crippen LogP contribution in [0.1, 0.15) is 47.0 Å². The van der Waals surface area contributed by atoms with Crippen LogP contribution in [0.25, 0.3) is 0 Å². The van der Waals surface area contributed by atoms with Gasteiger partial charge in [-0.2, -0.15) is 5.26 Å². The van der Waals surface area contributed by atoms with Crippen LogP contribution in [0.15, 0.2) is 24.3 Å². The molecule has 31 heavy (non-hydrogen) atoms. The van der Waals surface area contributed by atoms with Crippen LogP contribution >= 0.6 is 0 Å². The molecule has 0 aliphatic carbocycles. The number of rotatable bonds is 9. The van der Waals surface area contributed by atoms with E-state index >= 15 is 0 Å². The van der Waals surface area contributed by atoms with Crippen molar-refractivity contribution in [2.24, 2.45) is 5.92 Å². The molecule has 6 nitrogen and oxygen atoms in total. The first-order valence-electron chi connectivity index (χ1n) is 11.4. The van der Waals surface area contributed by atoms with Gasteiger partial charge < -0.3 is 14.1 Å². The molecule has 1 saturated heterocycles. The summed E-state index contributed by atoms with van der Waals surface area (Å²) in [6.45, 7) is 16.9. The Balaban J connectivity index is 1.85. The van der Waals surface area contributed by atoms with Crippen LogP contribution < -0.4 is 9.80 Å². The average Bonchev–Trinajstić information content (AvgIpc) is 2.73. The minimum atomic E-state index is -1.68. The number of hydrogen-bond donors (Lipinski definition) is 0. The molecular formula is C24H39N3O3Si. The summed E-state index contributed by atoms with van der Waals surface area (Å²) in [6.07, 6.45) is 4.64. The maximum absolute atomic E-state index is 11.6. The van der Waals surface area contributed by atoms with Crippen molar-refractivity contribution in [1.82, 2.24) is 0 Å². The molecule has 7 heteroatoms.